The summed E-state index contributed by atoms with van der Waals surface area (Å²) >= 11 is 0. The van der Waals surface area contributed by atoms with Crippen molar-refractivity contribution in [2.75, 3.05) is 18.6 Å². The molecule has 2 aliphatic rings. The van der Waals surface area contributed by atoms with Crippen molar-refractivity contribution >= 4 is 41.3 Å². The Bertz CT molecular complexity index is 1560. The van der Waals surface area contributed by atoms with Gasteiger partial charge >= 0.3 is 0 Å². The third-order valence-electron chi connectivity index (χ3n) is 9.43. The summed E-state index contributed by atoms with van der Waals surface area (Å²) in [5.41, 5.74) is 4.22. The summed E-state index contributed by atoms with van der Waals surface area (Å²) < 4.78 is 12.1. The molecule has 41 heavy (non-hydrogen) atoms. The van der Waals surface area contributed by atoms with E-state index in [4.69, 9.17) is 9.47 Å². The molecule has 1 saturated heterocycles. The van der Waals surface area contributed by atoms with Crippen molar-refractivity contribution < 1.29 is 19.4 Å². The van der Waals surface area contributed by atoms with Crippen molar-refractivity contribution in [3.63, 3.8) is 0 Å². The molecule has 0 unspecified atom stereocenters. The van der Waals surface area contributed by atoms with Crippen molar-refractivity contribution in [2.45, 2.75) is 57.0 Å². The molecule has 0 radical (unpaired) electrons. The standard InChI is InChI=1S/C35H39NO4Si/c1-23-31(40-32(20-21-37)34(23)41(3,4)28-17-15-27(39-2)16-18-28)19-14-24-8-5-11-26(22-24)36-30-13-7-10-25-9-6-12-29(33(25)30)35(36)38/h5-13,15-18,22-23,31-32,34,37H,14,19-21H2,1-4H3/t23-,31+,32-,34+/m1/s1. The number of hydrogen-bond donors (Lipinski definition) is 1. The molecular weight excluding hydrogens is 526 g/mol. The summed E-state index contributed by atoms with van der Waals surface area (Å²) in [6.07, 6.45) is 2.61. The Kier molecular flexibility index (Phi) is 7.49. The first-order valence-corrected chi connectivity index (χ1v) is 17.8. The van der Waals surface area contributed by atoms with Gasteiger partial charge in [0, 0.05) is 17.7 Å². The van der Waals surface area contributed by atoms with E-state index in [-0.39, 0.29) is 24.7 Å². The van der Waals surface area contributed by atoms with Crippen LogP contribution in [0.4, 0.5) is 11.4 Å². The number of ether oxygens (including phenoxy) is 2. The average molecular weight is 566 g/mol. The van der Waals surface area contributed by atoms with Crippen LogP contribution < -0.4 is 14.8 Å². The molecule has 4 atom stereocenters. The normalized spacial score (nSPS) is 22.1. The zero-order valence-electron chi connectivity index (χ0n) is 24.3. The molecule has 1 N–H and O–H groups in total. The van der Waals surface area contributed by atoms with Gasteiger partial charge < -0.3 is 14.6 Å². The maximum Gasteiger partial charge on any atom is 0.263 e. The molecule has 0 bridgehead atoms. The van der Waals surface area contributed by atoms with Crippen molar-refractivity contribution in [1.29, 1.82) is 0 Å². The molecule has 0 saturated carbocycles. The number of aryl methyl sites for hydroxylation is 1. The second-order valence-corrected chi connectivity index (χ2v) is 16.8. The smallest absolute Gasteiger partial charge is 0.263 e. The van der Waals surface area contributed by atoms with Gasteiger partial charge in [-0.1, -0.05) is 73.7 Å². The predicted octanol–water partition coefficient (Wildman–Crippen LogP) is 6.84. The van der Waals surface area contributed by atoms with E-state index < -0.39 is 8.07 Å². The van der Waals surface area contributed by atoms with Crippen LogP contribution in [0.5, 0.6) is 5.75 Å². The maximum atomic E-state index is 13.5. The number of hydrogen-bond acceptors (Lipinski definition) is 4. The lowest BCUT2D eigenvalue weighted by molar-refractivity contribution is 0.0196. The van der Waals surface area contributed by atoms with E-state index >= 15 is 0 Å². The summed E-state index contributed by atoms with van der Waals surface area (Å²) in [5.74, 6) is 1.28. The number of rotatable bonds is 9. The first-order valence-electron chi connectivity index (χ1n) is 14.7. The molecule has 4 aromatic rings. The highest BCUT2D eigenvalue weighted by Crippen LogP contribution is 2.47. The van der Waals surface area contributed by atoms with Gasteiger partial charge in [-0.3, -0.25) is 9.69 Å². The first kappa shape index (κ1) is 27.7. The molecule has 2 heterocycles. The summed E-state index contributed by atoms with van der Waals surface area (Å²) in [6.45, 7) is 7.33. The monoisotopic (exact) mass is 565 g/mol. The molecule has 5 nitrogen and oxygen atoms in total. The van der Waals surface area contributed by atoms with Crippen molar-refractivity contribution in [2.24, 2.45) is 5.92 Å². The van der Waals surface area contributed by atoms with E-state index in [1.807, 2.05) is 35.2 Å². The van der Waals surface area contributed by atoms with Gasteiger partial charge in [0.25, 0.3) is 5.91 Å². The van der Waals surface area contributed by atoms with Gasteiger partial charge in [-0.05, 0) is 78.1 Å². The van der Waals surface area contributed by atoms with Gasteiger partial charge in [0.15, 0.2) is 0 Å². The number of amides is 1. The summed E-state index contributed by atoms with van der Waals surface area (Å²) in [4.78, 5) is 15.3. The minimum absolute atomic E-state index is 0.0297. The second kappa shape index (κ2) is 11.1. The number of anilines is 2. The highest BCUT2D eigenvalue weighted by molar-refractivity contribution is 6.91. The quantitative estimate of drug-likeness (QED) is 0.226. The molecule has 0 spiro atoms. The van der Waals surface area contributed by atoms with Crippen LogP contribution in [0.3, 0.4) is 0 Å². The fourth-order valence-electron chi connectivity index (χ4n) is 7.38. The zero-order valence-corrected chi connectivity index (χ0v) is 25.3. The summed E-state index contributed by atoms with van der Waals surface area (Å²) in [6, 6.07) is 29.0. The highest BCUT2D eigenvalue weighted by Gasteiger charge is 2.50. The van der Waals surface area contributed by atoms with Crippen molar-refractivity contribution in [3.8, 4) is 5.75 Å². The Labute approximate surface area is 243 Å². The van der Waals surface area contributed by atoms with Crippen LogP contribution in [0.15, 0.2) is 84.9 Å². The molecule has 1 amide bonds. The lowest BCUT2D eigenvalue weighted by atomic mass is 9.95. The second-order valence-electron chi connectivity index (χ2n) is 12.1. The molecule has 6 heteroatoms. The molecule has 0 aromatic heterocycles. The minimum atomic E-state index is -1.92. The van der Waals surface area contributed by atoms with Gasteiger partial charge in [0.2, 0.25) is 0 Å². The molecule has 1 fully saturated rings. The number of methoxy groups -OCH3 is 1. The van der Waals surface area contributed by atoms with Gasteiger partial charge in [-0.2, -0.15) is 0 Å². The van der Waals surface area contributed by atoms with E-state index in [0.717, 1.165) is 46.3 Å². The first-order chi connectivity index (χ1) is 19.8. The average Bonchev–Trinajstić information content (AvgIpc) is 3.46. The van der Waals surface area contributed by atoms with Gasteiger partial charge in [-0.15, -0.1) is 0 Å². The lowest BCUT2D eigenvalue weighted by Gasteiger charge is -2.36. The van der Waals surface area contributed by atoms with Crippen LogP contribution in [0.25, 0.3) is 10.8 Å². The maximum absolute atomic E-state index is 13.5. The summed E-state index contributed by atoms with van der Waals surface area (Å²) in [7, 11) is -0.221. The Morgan fingerprint density at radius 2 is 1.66 bits per heavy atom. The zero-order chi connectivity index (χ0) is 28.7. The molecule has 0 aliphatic carbocycles. The molecular formula is C35H39NO4Si. The van der Waals surface area contributed by atoms with E-state index in [1.165, 1.54) is 10.8 Å². The predicted molar refractivity (Wildman–Crippen MR) is 169 cm³/mol. The number of carbonyl (C=O) groups is 1. The fourth-order valence-corrected chi connectivity index (χ4v) is 11.5. The topological polar surface area (TPSA) is 59.0 Å². The largest absolute Gasteiger partial charge is 0.497 e. The van der Waals surface area contributed by atoms with E-state index in [0.29, 0.717) is 17.9 Å². The number of nitrogens with zero attached hydrogens (tertiary/aromatic N) is 1. The SMILES string of the molecule is COc1ccc([Si](C)(C)[C@H]2[C@H](C)[C@H](CCc3cccc(N4C(=O)c5cccc6cccc4c56)c3)O[C@@H]2CCO)cc1. The van der Waals surface area contributed by atoms with E-state index in [2.05, 4.69) is 74.6 Å². The van der Waals surface area contributed by atoms with Crippen molar-refractivity contribution in [1.82, 2.24) is 0 Å². The lowest BCUT2D eigenvalue weighted by Crippen LogP contribution is -2.50. The highest BCUT2D eigenvalue weighted by atomic mass is 28.3. The molecule has 6 rings (SSSR count). The van der Waals surface area contributed by atoms with Gasteiger partial charge in [0.05, 0.1) is 38.6 Å². The van der Waals surface area contributed by atoms with Crippen LogP contribution in [-0.2, 0) is 11.2 Å². The van der Waals surface area contributed by atoms with Crippen LogP contribution in [-0.4, -0.2) is 45.0 Å². The number of carbonyl (C=O) groups excluding carboxylic acids is 1. The number of aliphatic hydroxyl groups excluding tert-OH is 1. The number of aliphatic hydroxyl groups is 1. The number of benzene rings is 4. The van der Waals surface area contributed by atoms with Crippen LogP contribution in [0.2, 0.25) is 18.6 Å². The van der Waals surface area contributed by atoms with Crippen molar-refractivity contribution in [3.05, 3.63) is 96.1 Å². The van der Waals surface area contributed by atoms with Gasteiger partial charge in [-0.25, -0.2) is 0 Å². The molecule has 2 aliphatic heterocycles. The molecule has 212 valence electrons. The van der Waals surface area contributed by atoms with E-state index in [1.54, 1.807) is 7.11 Å². The summed E-state index contributed by atoms with van der Waals surface area (Å²) in [5, 5.41) is 13.4. The Hall–Kier alpha value is -3.45. The third kappa shape index (κ3) is 4.88. The van der Waals surface area contributed by atoms with Crippen LogP contribution >= 0.6 is 0 Å². The van der Waals surface area contributed by atoms with Crippen LogP contribution in [0.1, 0.15) is 35.7 Å². The Morgan fingerprint density at radius 3 is 2.39 bits per heavy atom. The van der Waals surface area contributed by atoms with Gasteiger partial charge in [0.1, 0.15) is 5.75 Å². The van der Waals surface area contributed by atoms with E-state index in [9.17, 15) is 9.90 Å². The molecule has 4 aromatic carbocycles. The Balaban J connectivity index is 1.21. The fraction of sp³-hybridized carbons (Fsp3) is 0.343. The minimum Gasteiger partial charge on any atom is -0.497 e. The third-order valence-corrected chi connectivity index (χ3v) is 13.8. The Morgan fingerprint density at radius 1 is 0.927 bits per heavy atom. The van der Waals surface area contributed by atoms with Crippen LogP contribution in [0, 0.1) is 5.92 Å².